The zero-order chi connectivity index (χ0) is 23.1. The van der Waals surface area contributed by atoms with Crippen LogP contribution in [0.15, 0.2) is 57.8 Å². The normalized spacial score (nSPS) is 12.4. The second-order valence-electron chi connectivity index (χ2n) is 7.26. The van der Waals surface area contributed by atoms with E-state index in [0.717, 1.165) is 24.8 Å². The molecule has 0 radical (unpaired) electrons. The molecule has 3 rings (SSSR count). The first-order valence-electron chi connectivity index (χ1n) is 10.4. The van der Waals surface area contributed by atoms with Crippen LogP contribution in [-0.4, -0.2) is 26.1 Å². The molecular formula is C24H25N5O2S. The Morgan fingerprint density at radius 1 is 1.31 bits per heavy atom. The lowest BCUT2D eigenvalue weighted by molar-refractivity contribution is -0.113. The van der Waals surface area contributed by atoms with Gasteiger partial charge >= 0.3 is 0 Å². The molecule has 3 aromatic rings. The number of fused-ring (bicyclic) bond motifs is 2. The summed E-state index contributed by atoms with van der Waals surface area (Å²) in [6.45, 7) is 4.48. The standard InChI is InChI=1S/C24H25N5O2S/c1-4-5-7-12-28-22(26-20(30)11-6-8-14-32-3)18(16-25)15-19-23(28)27-21-17(2)10-9-13-29(21)24(19)31/h6,8-11,13-15H,4-5,7,12H2,1-3H3/b11-6+,14-8-,26-22?. The molecule has 164 valence electrons. The van der Waals surface area contributed by atoms with Crippen LogP contribution in [0.25, 0.3) is 16.7 Å². The molecule has 0 saturated heterocycles. The van der Waals surface area contributed by atoms with Crippen LogP contribution in [0, 0.1) is 18.3 Å². The van der Waals surface area contributed by atoms with E-state index in [9.17, 15) is 14.9 Å². The third-order valence-electron chi connectivity index (χ3n) is 4.99. The van der Waals surface area contributed by atoms with Crippen LogP contribution in [0.4, 0.5) is 0 Å². The smallest absolute Gasteiger partial charge is 0.271 e. The van der Waals surface area contributed by atoms with Crippen LogP contribution in [0.1, 0.15) is 37.3 Å². The van der Waals surface area contributed by atoms with E-state index >= 15 is 0 Å². The van der Waals surface area contributed by atoms with Crippen molar-refractivity contribution >= 4 is 34.3 Å². The average Bonchev–Trinajstić information content (AvgIpc) is 2.79. The van der Waals surface area contributed by atoms with Crippen molar-refractivity contribution in [3.63, 3.8) is 0 Å². The fraction of sp³-hybridized carbons (Fsp3) is 0.292. The Balaban J connectivity index is 2.35. The fourth-order valence-electron chi connectivity index (χ4n) is 3.43. The zero-order valence-corrected chi connectivity index (χ0v) is 19.2. The number of carbonyl (C=O) groups excluding carboxylic acids is 1. The molecule has 0 bridgehead atoms. The molecule has 0 spiro atoms. The van der Waals surface area contributed by atoms with Crippen molar-refractivity contribution in [3.05, 3.63) is 75.0 Å². The molecule has 0 fully saturated rings. The van der Waals surface area contributed by atoms with Gasteiger partial charge in [-0.25, -0.2) is 4.98 Å². The van der Waals surface area contributed by atoms with Crippen LogP contribution in [0.3, 0.4) is 0 Å². The van der Waals surface area contributed by atoms with E-state index in [1.54, 1.807) is 29.0 Å². The van der Waals surface area contributed by atoms with E-state index in [0.29, 0.717) is 23.2 Å². The lowest BCUT2D eigenvalue weighted by Crippen LogP contribution is -2.29. The molecule has 0 N–H and O–H groups in total. The molecule has 0 aliphatic rings. The number of aromatic nitrogens is 3. The van der Waals surface area contributed by atoms with Gasteiger partial charge < -0.3 is 4.57 Å². The fourth-order valence-corrected chi connectivity index (χ4v) is 3.67. The molecule has 0 aliphatic heterocycles. The number of unbranched alkanes of at least 4 members (excludes halogenated alkanes) is 2. The number of aryl methyl sites for hydroxylation is 2. The molecule has 3 aromatic heterocycles. The maximum Gasteiger partial charge on any atom is 0.271 e. The Hall–Kier alpha value is -3.44. The van der Waals surface area contributed by atoms with Gasteiger partial charge in [0.2, 0.25) is 0 Å². The van der Waals surface area contributed by atoms with Crippen LogP contribution < -0.4 is 11.0 Å². The van der Waals surface area contributed by atoms with Gasteiger partial charge in [0.15, 0.2) is 5.49 Å². The van der Waals surface area contributed by atoms with E-state index in [1.807, 2.05) is 24.7 Å². The molecule has 32 heavy (non-hydrogen) atoms. The van der Waals surface area contributed by atoms with Crippen LogP contribution >= 0.6 is 11.8 Å². The Labute approximate surface area is 190 Å². The summed E-state index contributed by atoms with van der Waals surface area (Å²) >= 11 is 1.52. The van der Waals surface area contributed by atoms with Crippen molar-refractivity contribution in [2.45, 2.75) is 39.7 Å². The molecule has 8 heteroatoms. The maximum absolute atomic E-state index is 13.2. The minimum atomic E-state index is -0.482. The molecule has 3 heterocycles. The van der Waals surface area contributed by atoms with Crippen LogP contribution in [-0.2, 0) is 11.3 Å². The van der Waals surface area contributed by atoms with Crippen LogP contribution in [0.5, 0.6) is 0 Å². The number of hydrogen-bond acceptors (Lipinski definition) is 5. The topological polar surface area (TPSA) is 92.5 Å². The summed E-state index contributed by atoms with van der Waals surface area (Å²) < 4.78 is 3.22. The molecule has 0 aliphatic carbocycles. The van der Waals surface area contributed by atoms with E-state index in [4.69, 9.17) is 4.98 Å². The monoisotopic (exact) mass is 447 g/mol. The highest BCUT2D eigenvalue weighted by Gasteiger charge is 2.15. The number of amides is 1. The Bertz CT molecular complexity index is 1390. The summed E-state index contributed by atoms with van der Waals surface area (Å²) in [5, 5.41) is 12.0. The van der Waals surface area contributed by atoms with E-state index < -0.39 is 5.91 Å². The van der Waals surface area contributed by atoms with Crippen molar-refractivity contribution in [1.82, 2.24) is 14.0 Å². The minimum Gasteiger partial charge on any atom is -0.309 e. The first kappa shape index (κ1) is 23.2. The van der Waals surface area contributed by atoms with Gasteiger partial charge in [0.1, 0.15) is 17.4 Å². The number of thioether (sulfide) groups is 1. The molecule has 0 aromatic carbocycles. The van der Waals surface area contributed by atoms with Gasteiger partial charge in [0.05, 0.1) is 10.9 Å². The second-order valence-corrected chi connectivity index (χ2v) is 8.01. The van der Waals surface area contributed by atoms with Gasteiger partial charge in [-0.15, -0.1) is 11.8 Å². The third-order valence-corrected chi connectivity index (χ3v) is 5.42. The van der Waals surface area contributed by atoms with Crippen LogP contribution in [0.2, 0.25) is 0 Å². The predicted molar refractivity (Wildman–Crippen MR) is 128 cm³/mol. The van der Waals surface area contributed by atoms with Crippen molar-refractivity contribution in [1.29, 1.82) is 5.26 Å². The number of rotatable bonds is 7. The lowest BCUT2D eigenvalue weighted by atomic mass is 10.2. The first-order chi connectivity index (χ1) is 15.5. The third kappa shape index (κ3) is 4.89. The Morgan fingerprint density at radius 2 is 2.12 bits per heavy atom. The number of hydrogen-bond donors (Lipinski definition) is 0. The minimum absolute atomic E-state index is 0.168. The summed E-state index contributed by atoms with van der Waals surface area (Å²) in [5.41, 5.74) is 1.96. The Kier molecular flexibility index (Phi) is 7.79. The SMILES string of the molecule is CCCCCn1c(=NC(=O)/C=C/C=C\SC)c(C#N)cc2c(=O)n3cccc(C)c3nc21. The predicted octanol–water partition coefficient (Wildman–Crippen LogP) is 3.88. The number of nitrogens with zero attached hydrogens (tertiary/aromatic N) is 5. The summed E-state index contributed by atoms with van der Waals surface area (Å²) in [7, 11) is 0. The highest BCUT2D eigenvalue weighted by Crippen LogP contribution is 2.13. The number of allylic oxidation sites excluding steroid dienone is 2. The summed E-state index contributed by atoms with van der Waals surface area (Å²) in [4.78, 5) is 34.7. The van der Waals surface area contributed by atoms with Crippen molar-refractivity contribution in [2.75, 3.05) is 6.26 Å². The summed E-state index contributed by atoms with van der Waals surface area (Å²) in [5.74, 6) is -0.482. The van der Waals surface area contributed by atoms with Gasteiger partial charge in [-0.1, -0.05) is 38.0 Å². The van der Waals surface area contributed by atoms with Crippen molar-refractivity contribution < 1.29 is 4.79 Å². The molecule has 0 atom stereocenters. The quantitative estimate of drug-likeness (QED) is 0.237. The van der Waals surface area contributed by atoms with E-state index in [2.05, 4.69) is 18.0 Å². The molecule has 1 amide bonds. The average molecular weight is 448 g/mol. The second kappa shape index (κ2) is 10.7. The number of nitriles is 1. The summed E-state index contributed by atoms with van der Waals surface area (Å²) in [6, 6.07) is 7.27. The van der Waals surface area contributed by atoms with Gasteiger partial charge in [-0.05, 0) is 42.7 Å². The molecule has 0 unspecified atom stereocenters. The van der Waals surface area contributed by atoms with Crippen molar-refractivity contribution in [3.8, 4) is 6.07 Å². The highest BCUT2D eigenvalue weighted by atomic mass is 32.2. The van der Waals surface area contributed by atoms with Gasteiger partial charge in [0, 0.05) is 18.8 Å². The molecular weight excluding hydrogens is 422 g/mol. The highest BCUT2D eigenvalue weighted by molar-refractivity contribution is 8.01. The summed E-state index contributed by atoms with van der Waals surface area (Å²) in [6.07, 6.45) is 11.1. The number of carbonyl (C=O) groups is 1. The molecule has 0 saturated carbocycles. The maximum atomic E-state index is 13.2. The lowest BCUT2D eigenvalue weighted by Gasteiger charge is -2.14. The molecule has 7 nitrogen and oxygen atoms in total. The van der Waals surface area contributed by atoms with Gasteiger partial charge in [0.25, 0.3) is 11.5 Å². The first-order valence-corrected chi connectivity index (χ1v) is 11.7. The van der Waals surface area contributed by atoms with E-state index in [1.165, 1.54) is 28.3 Å². The zero-order valence-electron chi connectivity index (χ0n) is 18.4. The van der Waals surface area contributed by atoms with E-state index in [-0.39, 0.29) is 16.6 Å². The number of pyridine rings is 2. The van der Waals surface area contributed by atoms with Gasteiger partial charge in [-0.2, -0.15) is 10.3 Å². The Morgan fingerprint density at radius 3 is 2.84 bits per heavy atom. The van der Waals surface area contributed by atoms with Crippen molar-refractivity contribution in [2.24, 2.45) is 4.99 Å². The largest absolute Gasteiger partial charge is 0.309 e. The van der Waals surface area contributed by atoms with Gasteiger partial charge in [-0.3, -0.25) is 14.0 Å².